The summed E-state index contributed by atoms with van der Waals surface area (Å²) in [7, 11) is 0. The maximum absolute atomic E-state index is 12.2. The van der Waals surface area contributed by atoms with Gasteiger partial charge in [-0.2, -0.15) is 0 Å². The molecule has 0 aromatic rings. The predicted molar refractivity (Wildman–Crippen MR) is 68.3 cm³/mol. The summed E-state index contributed by atoms with van der Waals surface area (Å²) in [5.74, 6) is 0.164. The number of amides is 1. The second-order valence-electron chi connectivity index (χ2n) is 5.49. The van der Waals surface area contributed by atoms with Crippen molar-refractivity contribution in [2.75, 3.05) is 39.4 Å². The van der Waals surface area contributed by atoms with E-state index in [-0.39, 0.29) is 11.9 Å². The van der Waals surface area contributed by atoms with Gasteiger partial charge in [-0.15, -0.1) is 0 Å². The first-order valence-electron chi connectivity index (χ1n) is 6.89. The Morgan fingerprint density at radius 1 is 1.39 bits per heavy atom. The Balaban J connectivity index is 1.81. The van der Waals surface area contributed by atoms with Gasteiger partial charge in [-0.05, 0) is 13.3 Å². The van der Waals surface area contributed by atoms with Crippen molar-refractivity contribution in [2.45, 2.75) is 38.3 Å². The van der Waals surface area contributed by atoms with Crippen LogP contribution >= 0.6 is 0 Å². The number of hydrogen-bond acceptors (Lipinski definition) is 4. The maximum Gasteiger partial charge on any atom is 0.239 e. The fourth-order valence-corrected chi connectivity index (χ4v) is 2.81. The molecule has 5 heteroatoms. The van der Waals surface area contributed by atoms with E-state index in [0.717, 1.165) is 12.8 Å². The lowest BCUT2D eigenvalue weighted by Crippen LogP contribution is -2.66. The molecular weight excluding hydrogens is 232 g/mol. The van der Waals surface area contributed by atoms with E-state index in [1.807, 2.05) is 11.8 Å². The topological polar surface area (TPSA) is 53.0 Å². The summed E-state index contributed by atoms with van der Waals surface area (Å²) in [6, 6.07) is -0.125. The van der Waals surface area contributed by atoms with Crippen molar-refractivity contribution < 1.29 is 14.6 Å². The summed E-state index contributed by atoms with van der Waals surface area (Å²) in [5, 5.41) is 10.1. The third-order valence-corrected chi connectivity index (χ3v) is 3.94. The number of morpholine rings is 1. The lowest BCUT2D eigenvalue weighted by atomic mass is 9.88. The van der Waals surface area contributed by atoms with Crippen LogP contribution in [0.1, 0.15) is 26.7 Å². The minimum atomic E-state index is -0.561. The third kappa shape index (κ3) is 2.84. The average molecular weight is 256 g/mol. The molecular formula is C13H24N2O3. The van der Waals surface area contributed by atoms with Crippen LogP contribution in [0.2, 0.25) is 0 Å². The van der Waals surface area contributed by atoms with E-state index in [1.165, 1.54) is 0 Å². The van der Waals surface area contributed by atoms with E-state index < -0.39 is 5.60 Å². The van der Waals surface area contributed by atoms with Gasteiger partial charge in [0.1, 0.15) is 0 Å². The second-order valence-corrected chi connectivity index (χ2v) is 5.49. The molecule has 2 rings (SSSR count). The normalized spacial score (nSPS) is 25.6. The monoisotopic (exact) mass is 256 g/mol. The number of hydrogen-bond donors (Lipinski definition) is 1. The lowest BCUT2D eigenvalue weighted by Gasteiger charge is -2.49. The van der Waals surface area contributed by atoms with Gasteiger partial charge in [0, 0.05) is 26.2 Å². The molecule has 2 heterocycles. The Kier molecular flexibility index (Phi) is 4.25. The van der Waals surface area contributed by atoms with Gasteiger partial charge in [0.2, 0.25) is 5.91 Å². The molecule has 18 heavy (non-hydrogen) atoms. The zero-order chi connectivity index (χ0) is 13.2. The molecule has 0 bridgehead atoms. The molecule has 0 spiro atoms. The van der Waals surface area contributed by atoms with E-state index in [4.69, 9.17) is 4.74 Å². The van der Waals surface area contributed by atoms with Crippen LogP contribution in [0, 0.1) is 0 Å². The second kappa shape index (κ2) is 5.55. The summed E-state index contributed by atoms with van der Waals surface area (Å²) in [5.41, 5.74) is -0.561. The molecule has 5 nitrogen and oxygen atoms in total. The van der Waals surface area contributed by atoms with Gasteiger partial charge >= 0.3 is 0 Å². The number of carbonyl (C=O) groups is 1. The van der Waals surface area contributed by atoms with Gasteiger partial charge < -0.3 is 14.7 Å². The minimum absolute atomic E-state index is 0.125. The van der Waals surface area contributed by atoms with Crippen LogP contribution < -0.4 is 0 Å². The number of likely N-dealkylation sites (tertiary alicyclic amines) is 1. The van der Waals surface area contributed by atoms with Gasteiger partial charge in [0.15, 0.2) is 0 Å². The zero-order valence-electron chi connectivity index (χ0n) is 11.4. The number of rotatable bonds is 4. The highest BCUT2D eigenvalue weighted by Crippen LogP contribution is 2.28. The van der Waals surface area contributed by atoms with Crippen molar-refractivity contribution in [2.24, 2.45) is 0 Å². The van der Waals surface area contributed by atoms with Crippen LogP contribution in [0.25, 0.3) is 0 Å². The van der Waals surface area contributed by atoms with Crippen LogP contribution in [-0.2, 0) is 9.53 Å². The average Bonchev–Trinajstić information content (AvgIpc) is 2.35. The number of nitrogens with zero attached hydrogens (tertiary/aromatic N) is 2. The van der Waals surface area contributed by atoms with Crippen molar-refractivity contribution in [3.63, 3.8) is 0 Å². The molecule has 2 aliphatic heterocycles. The van der Waals surface area contributed by atoms with E-state index in [1.54, 1.807) is 0 Å². The van der Waals surface area contributed by atoms with Crippen molar-refractivity contribution in [3.05, 3.63) is 0 Å². The molecule has 0 aliphatic carbocycles. The number of β-amino-alcohol motifs (C(OH)–C–C–N with tert-alkyl or cyclic N) is 1. The van der Waals surface area contributed by atoms with Crippen molar-refractivity contribution in [1.82, 2.24) is 9.80 Å². The Morgan fingerprint density at radius 3 is 2.56 bits per heavy atom. The van der Waals surface area contributed by atoms with Gasteiger partial charge in [-0.1, -0.05) is 13.3 Å². The van der Waals surface area contributed by atoms with E-state index >= 15 is 0 Å². The Hall–Kier alpha value is -0.650. The fourth-order valence-electron chi connectivity index (χ4n) is 2.81. The zero-order valence-corrected chi connectivity index (χ0v) is 11.4. The number of carbonyl (C=O) groups excluding carboxylic acids is 1. The molecule has 1 unspecified atom stereocenters. The van der Waals surface area contributed by atoms with Crippen LogP contribution in [0.15, 0.2) is 0 Å². The summed E-state index contributed by atoms with van der Waals surface area (Å²) in [6.45, 7) is 7.91. The van der Waals surface area contributed by atoms with Crippen LogP contribution in [-0.4, -0.2) is 71.8 Å². The van der Waals surface area contributed by atoms with Crippen LogP contribution in [0.3, 0.4) is 0 Å². The van der Waals surface area contributed by atoms with E-state index in [0.29, 0.717) is 39.4 Å². The minimum Gasteiger partial charge on any atom is -0.387 e. The molecule has 0 aromatic heterocycles. The van der Waals surface area contributed by atoms with Crippen molar-refractivity contribution in [1.29, 1.82) is 0 Å². The first kappa shape index (κ1) is 13.8. The molecule has 0 radical (unpaired) electrons. The van der Waals surface area contributed by atoms with Crippen LogP contribution in [0.5, 0.6) is 0 Å². The summed E-state index contributed by atoms with van der Waals surface area (Å²) in [4.78, 5) is 16.2. The number of ether oxygens (including phenoxy) is 1. The first-order valence-corrected chi connectivity index (χ1v) is 6.89. The van der Waals surface area contributed by atoms with E-state index in [2.05, 4.69) is 11.8 Å². The largest absolute Gasteiger partial charge is 0.387 e. The van der Waals surface area contributed by atoms with Gasteiger partial charge in [0.05, 0.1) is 24.9 Å². The molecule has 1 atom stereocenters. The summed E-state index contributed by atoms with van der Waals surface area (Å²) < 4.78 is 5.25. The number of aliphatic hydroxyl groups is 1. The van der Waals surface area contributed by atoms with Gasteiger partial charge in [-0.25, -0.2) is 0 Å². The quantitative estimate of drug-likeness (QED) is 0.774. The molecule has 1 amide bonds. The molecule has 2 aliphatic rings. The van der Waals surface area contributed by atoms with Crippen LogP contribution in [0.4, 0.5) is 0 Å². The lowest BCUT2D eigenvalue weighted by molar-refractivity contribution is -0.155. The van der Waals surface area contributed by atoms with Crippen molar-refractivity contribution >= 4 is 5.91 Å². The Morgan fingerprint density at radius 2 is 2.00 bits per heavy atom. The predicted octanol–water partition coefficient (Wildman–Crippen LogP) is 0.0805. The standard InChI is InChI=1S/C13H24N2O3/c1-3-4-13(17)9-15(10-13)11(2)12(16)14-5-7-18-8-6-14/h11,17H,3-10H2,1-2H3. The molecule has 2 saturated heterocycles. The summed E-state index contributed by atoms with van der Waals surface area (Å²) in [6.07, 6.45) is 1.80. The fraction of sp³-hybridized carbons (Fsp3) is 0.923. The van der Waals surface area contributed by atoms with Crippen molar-refractivity contribution in [3.8, 4) is 0 Å². The summed E-state index contributed by atoms with van der Waals surface area (Å²) >= 11 is 0. The van der Waals surface area contributed by atoms with Gasteiger partial charge in [0.25, 0.3) is 0 Å². The maximum atomic E-state index is 12.2. The molecule has 2 fully saturated rings. The van der Waals surface area contributed by atoms with Gasteiger partial charge in [-0.3, -0.25) is 9.69 Å². The highest BCUT2D eigenvalue weighted by molar-refractivity contribution is 5.81. The first-order chi connectivity index (χ1) is 8.56. The Bertz CT molecular complexity index is 297. The molecule has 104 valence electrons. The molecule has 0 saturated carbocycles. The highest BCUT2D eigenvalue weighted by atomic mass is 16.5. The van der Waals surface area contributed by atoms with E-state index in [9.17, 15) is 9.90 Å². The molecule has 1 N–H and O–H groups in total. The third-order valence-electron chi connectivity index (χ3n) is 3.94. The Labute approximate surface area is 109 Å². The highest BCUT2D eigenvalue weighted by Gasteiger charge is 2.44. The smallest absolute Gasteiger partial charge is 0.239 e. The SMILES string of the molecule is CCCC1(O)CN(C(C)C(=O)N2CCOCC2)C1. The molecule has 0 aromatic carbocycles.